The topological polar surface area (TPSA) is 57.8 Å². The summed E-state index contributed by atoms with van der Waals surface area (Å²) in [6.45, 7) is 10.2. The Morgan fingerprint density at radius 1 is 1.36 bits per heavy atom. The maximum Gasteiger partial charge on any atom is 0.194 e. The van der Waals surface area contributed by atoms with Crippen LogP contribution in [0, 0.1) is 5.41 Å². The summed E-state index contributed by atoms with van der Waals surface area (Å²) in [4.78, 5) is 7.10. The lowest BCUT2D eigenvalue weighted by Crippen LogP contribution is -2.40. The summed E-state index contributed by atoms with van der Waals surface area (Å²) in [5, 5.41) is 11.8. The quantitative estimate of drug-likeness (QED) is 0.695. The molecule has 3 rings (SSSR count). The smallest absolute Gasteiger partial charge is 0.194 e. The van der Waals surface area contributed by atoms with Crippen LogP contribution in [0.5, 0.6) is 0 Å². The Labute approximate surface area is 131 Å². The zero-order valence-electron chi connectivity index (χ0n) is 13.6. The fraction of sp³-hybridized carbons (Fsp3) is 0.562. The van der Waals surface area contributed by atoms with Gasteiger partial charge >= 0.3 is 0 Å². The van der Waals surface area contributed by atoms with Crippen molar-refractivity contribution in [2.45, 2.75) is 33.7 Å². The molecule has 0 radical (unpaired) electrons. The van der Waals surface area contributed by atoms with Gasteiger partial charge in [0, 0.05) is 25.8 Å². The lowest BCUT2D eigenvalue weighted by atomic mass is 9.93. The molecule has 3 heterocycles. The predicted octanol–water partition coefficient (Wildman–Crippen LogP) is 1.93. The van der Waals surface area contributed by atoms with E-state index in [1.54, 1.807) is 0 Å². The van der Waals surface area contributed by atoms with Gasteiger partial charge < -0.3 is 10.2 Å². The molecule has 1 saturated heterocycles. The number of fused-ring (bicyclic) bond motifs is 1. The van der Waals surface area contributed by atoms with Gasteiger partial charge in [-0.05, 0) is 30.9 Å². The van der Waals surface area contributed by atoms with Crippen molar-refractivity contribution in [2.24, 2.45) is 10.4 Å². The van der Waals surface area contributed by atoms with Gasteiger partial charge in [-0.25, -0.2) is 4.99 Å². The molecule has 1 aliphatic rings. The molecule has 1 N–H and O–H groups in total. The first-order valence-corrected chi connectivity index (χ1v) is 7.91. The van der Waals surface area contributed by atoms with E-state index in [2.05, 4.69) is 41.2 Å². The van der Waals surface area contributed by atoms with Gasteiger partial charge in [0.05, 0.1) is 0 Å². The fourth-order valence-electron chi connectivity index (χ4n) is 2.86. The number of pyridine rings is 1. The summed E-state index contributed by atoms with van der Waals surface area (Å²) >= 11 is 0. The number of guanidine groups is 1. The third-order valence-electron chi connectivity index (χ3n) is 4.07. The van der Waals surface area contributed by atoms with E-state index in [-0.39, 0.29) is 0 Å². The normalized spacial score (nSPS) is 18.1. The van der Waals surface area contributed by atoms with Crippen molar-refractivity contribution in [3.05, 3.63) is 30.2 Å². The Morgan fingerprint density at radius 2 is 2.23 bits per heavy atom. The number of nitrogens with zero attached hydrogens (tertiary/aromatic N) is 5. The lowest BCUT2D eigenvalue weighted by molar-refractivity contribution is 0.370. The third kappa shape index (κ3) is 3.05. The van der Waals surface area contributed by atoms with Crippen LogP contribution < -0.4 is 5.32 Å². The van der Waals surface area contributed by atoms with E-state index in [1.807, 2.05) is 28.8 Å². The molecule has 0 aliphatic carbocycles. The van der Waals surface area contributed by atoms with Crippen LogP contribution in [0.25, 0.3) is 5.65 Å². The van der Waals surface area contributed by atoms with E-state index >= 15 is 0 Å². The van der Waals surface area contributed by atoms with E-state index in [0.717, 1.165) is 37.1 Å². The standard InChI is InChI=1S/C16H24N6/c1-4-17-15(21-10-8-16(2,3)12-21)18-11-14-20-19-13-7-5-6-9-22(13)14/h5-7,9H,4,8,10-12H2,1-3H3,(H,17,18). The molecule has 0 spiro atoms. The summed E-state index contributed by atoms with van der Waals surface area (Å²) in [5.74, 6) is 1.84. The zero-order valence-corrected chi connectivity index (χ0v) is 13.6. The minimum atomic E-state index is 0.359. The van der Waals surface area contributed by atoms with Crippen molar-refractivity contribution in [1.82, 2.24) is 24.8 Å². The van der Waals surface area contributed by atoms with Crippen LogP contribution in [0.15, 0.2) is 29.4 Å². The number of likely N-dealkylation sites (tertiary alicyclic amines) is 1. The van der Waals surface area contributed by atoms with Crippen LogP contribution in [0.3, 0.4) is 0 Å². The second kappa shape index (κ2) is 5.94. The van der Waals surface area contributed by atoms with Crippen molar-refractivity contribution in [3.63, 3.8) is 0 Å². The monoisotopic (exact) mass is 300 g/mol. The molecule has 1 fully saturated rings. The van der Waals surface area contributed by atoms with Crippen LogP contribution in [-0.4, -0.2) is 45.1 Å². The molecular weight excluding hydrogens is 276 g/mol. The number of rotatable bonds is 3. The lowest BCUT2D eigenvalue weighted by Gasteiger charge is -2.23. The highest BCUT2D eigenvalue weighted by molar-refractivity contribution is 5.80. The average Bonchev–Trinajstić information content (AvgIpc) is 3.07. The van der Waals surface area contributed by atoms with Gasteiger partial charge in [-0.3, -0.25) is 4.40 Å². The minimum absolute atomic E-state index is 0.359. The van der Waals surface area contributed by atoms with Gasteiger partial charge in [-0.15, -0.1) is 10.2 Å². The Bertz CT molecular complexity index is 672. The van der Waals surface area contributed by atoms with Gasteiger partial charge in [0.2, 0.25) is 0 Å². The Hall–Kier alpha value is -2.11. The van der Waals surface area contributed by atoms with E-state index in [9.17, 15) is 0 Å². The van der Waals surface area contributed by atoms with Gasteiger partial charge in [-0.2, -0.15) is 0 Å². The molecule has 6 heteroatoms. The molecule has 0 unspecified atom stereocenters. The van der Waals surface area contributed by atoms with Crippen LogP contribution in [-0.2, 0) is 6.54 Å². The van der Waals surface area contributed by atoms with Gasteiger partial charge in [0.25, 0.3) is 0 Å². The first-order chi connectivity index (χ1) is 10.6. The van der Waals surface area contributed by atoms with E-state index in [0.29, 0.717) is 12.0 Å². The summed E-state index contributed by atoms with van der Waals surface area (Å²) in [6, 6.07) is 5.90. The first-order valence-electron chi connectivity index (χ1n) is 7.91. The van der Waals surface area contributed by atoms with Gasteiger partial charge in [0.15, 0.2) is 17.4 Å². The molecule has 0 saturated carbocycles. The number of aromatic nitrogens is 3. The Morgan fingerprint density at radius 3 is 2.95 bits per heavy atom. The molecule has 0 bridgehead atoms. The van der Waals surface area contributed by atoms with E-state index in [4.69, 9.17) is 4.99 Å². The Kier molecular flexibility index (Phi) is 4.00. The van der Waals surface area contributed by atoms with Crippen molar-refractivity contribution in [1.29, 1.82) is 0 Å². The molecule has 0 amide bonds. The van der Waals surface area contributed by atoms with E-state index < -0.39 is 0 Å². The van der Waals surface area contributed by atoms with Crippen LogP contribution in [0.4, 0.5) is 0 Å². The van der Waals surface area contributed by atoms with Crippen molar-refractivity contribution in [2.75, 3.05) is 19.6 Å². The molecule has 0 atom stereocenters. The number of aliphatic imine (C=N–C) groups is 1. The predicted molar refractivity (Wildman–Crippen MR) is 87.8 cm³/mol. The molecule has 6 nitrogen and oxygen atoms in total. The highest BCUT2D eigenvalue weighted by atomic mass is 15.3. The maximum absolute atomic E-state index is 4.76. The van der Waals surface area contributed by atoms with Crippen molar-refractivity contribution < 1.29 is 0 Å². The molecular formula is C16H24N6. The average molecular weight is 300 g/mol. The van der Waals surface area contributed by atoms with Crippen LogP contribution in [0.2, 0.25) is 0 Å². The van der Waals surface area contributed by atoms with Gasteiger partial charge in [-0.1, -0.05) is 19.9 Å². The molecule has 2 aromatic rings. The zero-order chi connectivity index (χ0) is 15.6. The van der Waals surface area contributed by atoms with Crippen molar-refractivity contribution >= 4 is 11.6 Å². The van der Waals surface area contributed by atoms with Gasteiger partial charge in [0.1, 0.15) is 6.54 Å². The minimum Gasteiger partial charge on any atom is -0.357 e. The molecule has 22 heavy (non-hydrogen) atoms. The molecule has 118 valence electrons. The second-order valence-corrected chi connectivity index (χ2v) is 6.55. The van der Waals surface area contributed by atoms with E-state index in [1.165, 1.54) is 6.42 Å². The first kappa shape index (κ1) is 14.8. The van der Waals surface area contributed by atoms with Crippen molar-refractivity contribution in [3.8, 4) is 0 Å². The summed E-state index contributed by atoms with van der Waals surface area (Å²) in [7, 11) is 0. The maximum atomic E-state index is 4.76. The third-order valence-corrected chi connectivity index (χ3v) is 4.07. The SMILES string of the molecule is CCNC(=NCc1nnc2ccccn12)N1CCC(C)(C)C1. The molecule has 2 aromatic heterocycles. The van der Waals surface area contributed by atoms with Crippen LogP contribution in [0.1, 0.15) is 33.0 Å². The highest BCUT2D eigenvalue weighted by Crippen LogP contribution is 2.28. The second-order valence-electron chi connectivity index (χ2n) is 6.55. The highest BCUT2D eigenvalue weighted by Gasteiger charge is 2.30. The molecule has 1 aliphatic heterocycles. The fourth-order valence-corrected chi connectivity index (χ4v) is 2.86. The summed E-state index contributed by atoms with van der Waals surface area (Å²) in [6.07, 6.45) is 3.18. The number of nitrogens with one attached hydrogen (secondary N) is 1. The number of hydrogen-bond donors (Lipinski definition) is 1. The largest absolute Gasteiger partial charge is 0.357 e. The Balaban J connectivity index is 1.78. The molecule has 0 aromatic carbocycles. The summed E-state index contributed by atoms with van der Waals surface area (Å²) < 4.78 is 1.99. The summed E-state index contributed by atoms with van der Waals surface area (Å²) in [5.41, 5.74) is 1.22. The number of hydrogen-bond acceptors (Lipinski definition) is 3. The van der Waals surface area contributed by atoms with Crippen LogP contribution >= 0.6 is 0 Å².